The van der Waals surface area contributed by atoms with E-state index in [1.807, 2.05) is 6.07 Å². The highest BCUT2D eigenvalue weighted by Crippen LogP contribution is 2.33. The fourth-order valence-corrected chi connectivity index (χ4v) is 2.80. The topological polar surface area (TPSA) is 79.0 Å². The van der Waals surface area contributed by atoms with Gasteiger partial charge in [-0.1, -0.05) is 12.1 Å². The maximum Gasteiger partial charge on any atom is 0.418 e. The van der Waals surface area contributed by atoms with E-state index in [0.29, 0.717) is 12.8 Å². The van der Waals surface area contributed by atoms with Gasteiger partial charge in [0, 0.05) is 17.8 Å². The minimum absolute atomic E-state index is 0.143. The first-order valence-corrected chi connectivity index (χ1v) is 8.19. The van der Waals surface area contributed by atoms with Crippen molar-refractivity contribution >= 4 is 5.91 Å². The van der Waals surface area contributed by atoms with Crippen LogP contribution in [0.25, 0.3) is 5.69 Å². The van der Waals surface area contributed by atoms with Gasteiger partial charge in [-0.15, -0.1) is 0 Å². The number of nitrogens with zero attached hydrogens (tertiary/aromatic N) is 4. The summed E-state index contributed by atoms with van der Waals surface area (Å²) in [6, 6.07) is 7.58. The molecule has 1 fully saturated rings. The minimum atomic E-state index is -4.63. The van der Waals surface area contributed by atoms with Gasteiger partial charge >= 0.3 is 6.18 Å². The maximum absolute atomic E-state index is 13.3. The second-order valence-electron chi connectivity index (χ2n) is 6.25. The predicted octanol–water partition coefficient (Wildman–Crippen LogP) is 2.69. The van der Waals surface area contributed by atoms with Crippen molar-refractivity contribution in [2.24, 2.45) is 0 Å². The summed E-state index contributed by atoms with van der Waals surface area (Å²) in [4.78, 5) is 26.2. The van der Waals surface area contributed by atoms with Crippen molar-refractivity contribution in [2.45, 2.75) is 32.0 Å². The van der Waals surface area contributed by atoms with Gasteiger partial charge in [0.15, 0.2) is 5.69 Å². The summed E-state index contributed by atoms with van der Waals surface area (Å²) in [7, 11) is 0. The summed E-state index contributed by atoms with van der Waals surface area (Å²) >= 11 is 0. The van der Waals surface area contributed by atoms with E-state index >= 15 is 0 Å². The first kappa shape index (κ1) is 18.6. The van der Waals surface area contributed by atoms with Gasteiger partial charge in [0.2, 0.25) is 5.43 Å². The fraction of sp³-hybridized carbons (Fsp3) is 0.333. The van der Waals surface area contributed by atoms with Crippen LogP contribution in [0.1, 0.15) is 34.6 Å². The van der Waals surface area contributed by atoms with Crippen molar-refractivity contribution in [3.63, 3.8) is 0 Å². The largest absolute Gasteiger partial charge is 0.418 e. The summed E-state index contributed by atoms with van der Waals surface area (Å²) in [5.74, 6) is -0.748. The average molecular weight is 376 g/mol. The quantitative estimate of drug-likeness (QED) is 0.769. The van der Waals surface area contributed by atoms with E-state index in [1.54, 1.807) is 0 Å². The van der Waals surface area contributed by atoms with Gasteiger partial charge in [0.1, 0.15) is 6.54 Å². The molecule has 6 nitrogen and oxygen atoms in total. The van der Waals surface area contributed by atoms with E-state index in [4.69, 9.17) is 5.26 Å². The highest BCUT2D eigenvalue weighted by atomic mass is 19.4. The van der Waals surface area contributed by atoms with Crippen molar-refractivity contribution in [2.75, 3.05) is 6.54 Å². The lowest BCUT2D eigenvalue weighted by Gasteiger charge is -2.20. The molecule has 1 aromatic heterocycles. The molecular formula is C18H15F3N4O2. The summed E-state index contributed by atoms with van der Waals surface area (Å²) in [5.41, 5.74) is -2.25. The standard InChI is InChI=1S/C18H15F3N4O2/c1-11-10-15(26)16(17(27)24(9-8-22)12-6-7-12)23-25(11)14-5-3-2-4-13(14)18(19,20)21/h2-5,10,12H,6-7,9H2,1H3. The molecule has 0 bridgehead atoms. The molecule has 0 radical (unpaired) electrons. The van der Waals surface area contributed by atoms with E-state index in [9.17, 15) is 22.8 Å². The number of aryl methyl sites for hydroxylation is 1. The highest BCUT2D eigenvalue weighted by molar-refractivity contribution is 5.92. The number of nitriles is 1. The zero-order chi connectivity index (χ0) is 19.8. The molecule has 0 N–H and O–H groups in total. The van der Waals surface area contributed by atoms with Gasteiger partial charge in [-0.3, -0.25) is 9.59 Å². The van der Waals surface area contributed by atoms with Crippen molar-refractivity contribution in [1.29, 1.82) is 5.26 Å². The second-order valence-corrected chi connectivity index (χ2v) is 6.25. The number of para-hydroxylation sites is 1. The Morgan fingerprint density at radius 1 is 1.37 bits per heavy atom. The highest BCUT2D eigenvalue weighted by Gasteiger charge is 2.36. The van der Waals surface area contributed by atoms with Gasteiger partial charge in [0.05, 0.1) is 17.3 Å². The molecule has 1 amide bonds. The van der Waals surface area contributed by atoms with Gasteiger partial charge in [0.25, 0.3) is 5.91 Å². The molecule has 3 rings (SSSR count). The smallest absolute Gasteiger partial charge is 0.321 e. The predicted molar refractivity (Wildman–Crippen MR) is 89.2 cm³/mol. The summed E-state index contributed by atoms with van der Waals surface area (Å²) in [6.45, 7) is 1.22. The van der Waals surface area contributed by atoms with E-state index in [0.717, 1.165) is 16.8 Å². The van der Waals surface area contributed by atoms with Crippen LogP contribution in [0.5, 0.6) is 0 Å². The molecular weight excluding hydrogens is 361 g/mol. The Bertz CT molecular complexity index is 987. The molecule has 1 aromatic carbocycles. The lowest BCUT2D eigenvalue weighted by atomic mass is 10.1. The molecule has 0 spiro atoms. The van der Waals surface area contributed by atoms with Crippen molar-refractivity contribution < 1.29 is 18.0 Å². The Hall–Kier alpha value is -3.15. The second kappa shape index (κ2) is 6.87. The fourth-order valence-electron chi connectivity index (χ4n) is 2.80. The number of halogens is 3. The lowest BCUT2D eigenvalue weighted by Crippen LogP contribution is -2.38. The van der Waals surface area contributed by atoms with Crippen LogP contribution in [0.4, 0.5) is 13.2 Å². The van der Waals surface area contributed by atoms with E-state index in [2.05, 4.69) is 5.10 Å². The van der Waals surface area contributed by atoms with Crippen LogP contribution in [0.2, 0.25) is 0 Å². The maximum atomic E-state index is 13.3. The number of hydrogen-bond acceptors (Lipinski definition) is 4. The Labute approximate surface area is 152 Å². The number of hydrogen-bond donors (Lipinski definition) is 0. The summed E-state index contributed by atoms with van der Waals surface area (Å²) < 4.78 is 40.9. The van der Waals surface area contributed by atoms with Crippen LogP contribution in [-0.4, -0.2) is 33.2 Å². The van der Waals surface area contributed by atoms with Gasteiger partial charge < -0.3 is 4.90 Å². The number of carbonyl (C=O) groups is 1. The molecule has 2 aromatic rings. The zero-order valence-corrected chi connectivity index (χ0v) is 14.3. The molecule has 0 atom stereocenters. The molecule has 0 saturated heterocycles. The van der Waals surface area contributed by atoms with Crippen LogP contribution in [0.15, 0.2) is 35.1 Å². The molecule has 9 heteroatoms. The number of rotatable bonds is 4. The molecule has 140 valence electrons. The van der Waals surface area contributed by atoms with E-state index in [1.165, 1.54) is 30.0 Å². The first-order chi connectivity index (χ1) is 12.7. The number of amides is 1. The minimum Gasteiger partial charge on any atom is -0.321 e. The van der Waals surface area contributed by atoms with Crippen molar-refractivity contribution in [3.8, 4) is 11.8 Å². The number of alkyl halides is 3. The Kier molecular flexibility index (Phi) is 4.74. The van der Waals surface area contributed by atoms with E-state index in [-0.39, 0.29) is 24.0 Å². The van der Waals surface area contributed by atoms with Crippen molar-refractivity contribution in [1.82, 2.24) is 14.7 Å². The first-order valence-electron chi connectivity index (χ1n) is 8.19. The Balaban J connectivity index is 2.13. The molecule has 1 heterocycles. The third-order valence-corrected chi connectivity index (χ3v) is 4.24. The number of carbonyl (C=O) groups excluding carboxylic acids is 1. The Morgan fingerprint density at radius 3 is 2.63 bits per heavy atom. The Morgan fingerprint density at radius 2 is 2.04 bits per heavy atom. The molecule has 0 aliphatic heterocycles. The number of benzene rings is 1. The third-order valence-electron chi connectivity index (χ3n) is 4.24. The molecule has 0 unspecified atom stereocenters. The molecule has 1 aliphatic rings. The molecule has 1 aliphatic carbocycles. The van der Waals surface area contributed by atoms with Gasteiger partial charge in [-0.2, -0.15) is 23.5 Å². The number of aromatic nitrogens is 2. The van der Waals surface area contributed by atoms with Crippen LogP contribution in [-0.2, 0) is 6.18 Å². The third kappa shape index (κ3) is 3.69. The normalized spacial score (nSPS) is 13.9. The van der Waals surface area contributed by atoms with Crippen LogP contribution < -0.4 is 5.43 Å². The zero-order valence-electron chi connectivity index (χ0n) is 14.3. The lowest BCUT2D eigenvalue weighted by molar-refractivity contribution is -0.137. The van der Waals surface area contributed by atoms with Crippen LogP contribution in [0, 0.1) is 18.3 Å². The van der Waals surface area contributed by atoms with Crippen LogP contribution in [0.3, 0.4) is 0 Å². The molecule has 1 saturated carbocycles. The molecule has 27 heavy (non-hydrogen) atoms. The monoisotopic (exact) mass is 376 g/mol. The SMILES string of the molecule is Cc1cc(=O)c(C(=O)N(CC#N)C2CC2)nn1-c1ccccc1C(F)(F)F. The van der Waals surface area contributed by atoms with Gasteiger partial charge in [-0.25, -0.2) is 4.68 Å². The van der Waals surface area contributed by atoms with Gasteiger partial charge in [-0.05, 0) is 31.9 Å². The van der Waals surface area contributed by atoms with Crippen molar-refractivity contribution in [3.05, 3.63) is 57.5 Å². The summed E-state index contributed by atoms with van der Waals surface area (Å²) in [5, 5.41) is 12.8. The average Bonchev–Trinajstić information content (AvgIpc) is 3.43. The van der Waals surface area contributed by atoms with E-state index < -0.39 is 28.8 Å². The van der Waals surface area contributed by atoms with Crippen LogP contribution >= 0.6 is 0 Å². The summed E-state index contributed by atoms with van der Waals surface area (Å²) in [6.07, 6.45) is -3.20.